The molecule has 0 atom stereocenters. The van der Waals surface area contributed by atoms with E-state index in [1.54, 1.807) is 0 Å². The van der Waals surface area contributed by atoms with Crippen LogP contribution in [0.1, 0.15) is 0 Å². The Balaban J connectivity index is 1.66. The minimum absolute atomic E-state index is 0.484. The molecule has 1 heterocycles. The standard InChI is InChI=1S/C26H24Cl2N4O/c1-32(2)14-15-33-23-5-3-4-22(16-23)29-26-30-24(18-6-10-20(27)11-7-18)17-25(31-26)19-8-12-21(28)13-9-19/h3-13,16-17H,14-15H2,1-2H3,(H,29,30,31). The van der Waals surface area contributed by atoms with E-state index in [-0.39, 0.29) is 0 Å². The smallest absolute Gasteiger partial charge is 0.228 e. The van der Waals surface area contributed by atoms with Crippen molar-refractivity contribution in [2.75, 3.05) is 32.6 Å². The number of benzene rings is 3. The number of hydrogen-bond acceptors (Lipinski definition) is 5. The van der Waals surface area contributed by atoms with Gasteiger partial charge in [-0.25, -0.2) is 9.97 Å². The summed E-state index contributed by atoms with van der Waals surface area (Å²) >= 11 is 12.2. The summed E-state index contributed by atoms with van der Waals surface area (Å²) in [5.74, 6) is 1.27. The van der Waals surface area contributed by atoms with Crippen LogP contribution in [-0.4, -0.2) is 42.1 Å². The summed E-state index contributed by atoms with van der Waals surface area (Å²) < 4.78 is 5.86. The van der Waals surface area contributed by atoms with Crippen LogP contribution >= 0.6 is 23.2 Å². The van der Waals surface area contributed by atoms with Gasteiger partial charge in [0.25, 0.3) is 0 Å². The number of ether oxygens (including phenoxy) is 1. The number of rotatable bonds is 8. The van der Waals surface area contributed by atoms with Crippen molar-refractivity contribution in [3.05, 3.63) is 88.9 Å². The van der Waals surface area contributed by atoms with Crippen LogP contribution in [0.15, 0.2) is 78.9 Å². The average Bonchev–Trinajstić information content (AvgIpc) is 2.80. The summed E-state index contributed by atoms with van der Waals surface area (Å²) in [5, 5.41) is 4.67. The largest absolute Gasteiger partial charge is 0.492 e. The molecule has 0 amide bonds. The second-order valence-electron chi connectivity index (χ2n) is 7.78. The summed E-state index contributed by atoms with van der Waals surface area (Å²) in [6.45, 7) is 1.45. The van der Waals surface area contributed by atoms with E-state index >= 15 is 0 Å². The molecule has 0 saturated heterocycles. The first kappa shape index (κ1) is 23.1. The molecule has 0 radical (unpaired) electrons. The van der Waals surface area contributed by atoms with Crippen LogP contribution in [0.5, 0.6) is 5.75 Å². The fourth-order valence-corrected chi connectivity index (χ4v) is 3.43. The SMILES string of the molecule is CN(C)CCOc1cccc(Nc2nc(-c3ccc(Cl)cc3)cc(-c3ccc(Cl)cc3)n2)c1. The quantitative estimate of drug-likeness (QED) is 0.301. The van der Waals surface area contributed by atoms with Gasteiger partial charge in [0, 0.05) is 39.5 Å². The molecule has 0 fully saturated rings. The maximum Gasteiger partial charge on any atom is 0.228 e. The van der Waals surface area contributed by atoms with Crippen LogP contribution in [-0.2, 0) is 0 Å². The topological polar surface area (TPSA) is 50.3 Å². The van der Waals surface area contributed by atoms with Crippen molar-refractivity contribution < 1.29 is 4.74 Å². The lowest BCUT2D eigenvalue weighted by molar-refractivity contribution is 0.261. The molecule has 5 nitrogen and oxygen atoms in total. The first-order valence-corrected chi connectivity index (χ1v) is 11.3. The Morgan fingerprint density at radius 3 is 1.91 bits per heavy atom. The molecule has 33 heavy (non-hydrogen) atoms. The van der Waals surface area contributed by atoms with Gasteiger partial charge in [-0.15, -0.1) is 0 Å². The van der Waals surface area contributed by atoms with Crippen molar-refractivity contribution in [3.63, 3.8) is 0 Å². The zero-order chi connectivity index (χ0) is 23.2. The Labute approximate surface area is 204 Å². The minimum Gasteiger partial charge on any atom is -0.492 e. The summed E-state index contributed by atoms with van der Waals surface area (Å²) in [5.41, 5.74) is 4.30. The monoisotopic (exact) mass is 478 g/mol. The van der Waals surface area contributed by atoms with E-state index in [2.05, 4.69) is 10.2 Å². The number of nitrogens with zero attached hydrogens (tertiary/aromatic N) is 3. The summed E-state index contributed by atoms with van der Waals surface area (Å²) in [4.78, 5) is 11.6. The number of hydrogen-bond donors (Lipinski definition) is 1. The molecule has 7 heteroatoms. The third kappa shape index (κ3) is 6.45. The van der Waals surface area contributed by atoms with Crippen LogP contribution in [0.4, 0.5) is 11.6 Å². The van der Waals surface area contributed by atoms with E-state index < -0.39 is 0 Å². The highest BCUT2D eigenvalue weighted by atomic mass is 35.5. The lowest BCUT2D eigenvalue weighted by Gasteiger charge is -2.13. The van der Waals surface area contributed by atoms with Gasteiger partial charge >= 0.3 is 0 Å². The number of halogens is 2. The van der Waals surface area contributed by atoms with Crippen molar-refractivity contribution >= 4 is 34.8 Å². The van der Waals surface area contributed by atoms with Gasteiger partial charge < -0.3 is 15.0 Å². The van der Waals surface area contributed by atoms with E-state index in [9.17, 15) is 0 Å². The molecular formula is C26H24Cl2N4O. The van der Waals surface area contributed by atoms with E-state index in [0.717, 1.165) is 40.5 Å². The van der Waals surface area contributed by atoms with Gasteiger partial charge in [-0.2, -0.15) is 0 Å². The second-order valence-corrected chi connectivity index (χ2v) is 8.65. The molecule has 3 aromatic carbocycles. The molecule has 0 aliphatic heterocycles. The third-order valence-corrected chi connectivity index (χ3v) is 5.41. The molecule has 4 rings (SSSR count). The van der Waals surface area contributed by atoms with Crippen molar-refractivity contribution in [1.29, 1.82) is 0 Å². The highest BCUT2D eigenvalue weighted by molar-refractivity contribution is 6.30. The molecular weight excluding hydrogens is 455 g/mol. The number of anilines is 2. The normalized spacial score (nSPS) is 10.9. The number of aromatic nitrogens is 2. The lowest BCUT2D eigenvalue weighted by atomic mass is 10.1. The van der Waals surface area contributed by atoms with Gasteiger partial charge in [0.2, 0.25) is 5.95 Å². The Bertz CT molecular complexity index is 1150. The summed E-state index contributed by atoms with van der Waals surface area (Å²) in [6.07, 6.45) is 0. The van der Waals surface area contributed by atoms with E-state index in [0.29, 0.717) is 22.6 Å². The molecule has 0 spiro atoms. The predicted octanol–water partition coefficient (Wildman–Crippen LogP) is 6.80. The number of likely N-dealkylation sites (N-methyl/N-ethyl adjacent to an activating group) is 1. The zero-order valence-electron chi connectivity index (χ0n) is 18.4. The zero-order valence-corrected chi connectivity index (χ0v) is 19.9. The Morgan fingerprint density at radius 2 is 1.36 bits per heavy atom. The molecule has 0 aliphatic rings. The maximum atomic E-state index is 6.08. The van der Waals surface area contributed by atoms with Crippen LogP contribution in [0, 0.1) is 0 Å². The van der Waals surface area contributed by atoms with Gasteiger partial charge in [-0.1, -0.05) is 53.5 Å². The second kappa shape index (κ2) is 10.7. The van der Waals surface area contributed by atoms with Crippen LogP contribution in [0.25, 0.3) is 22.5 Å². The minimum atomic E-state index is 0.484. The average molecular weight is 479 g/mol. The summed E-state index contributed by atoms with van der Waals surface area (Å²) in [7, 11) is 4.04. The molecule has 4 aromatic rings. The molecule has 1 N–H and O–H groups in total. The first-order chi connectivity index (χ1) is 16.0. The van der Waals surface area contributed by atoms with E-state index in [1.807, 2.05) is 93.0 Å². The number of nitrogens with one attached hydrogen (secondary N) is 1. The predicted molar refractivity (Wildman–Crippen MR) is 137 cm³/mol. The molecule has 0 bridgehead atoms. The van der Waals surface area contributed by atoms with Gasteiger partial charge in [0.15, 0.2) is 0 Å². The maximum absolute atomic E-state index is 6.08. The fraction of sp³-hybridized carbons (Fsp3) is 0.154. The molecule has 0 saturated carbocycles. The molecule has 168 valence electrons. The van der Waals surface area contributed by atoms with Crippen molar-refractivity contribution in [3.8, 4) is 28.3 Å². The highest BCUT2D eigenvalue weighted by Gasteiger charge is 2.10. The third-order valence-electron chi connectivity index (χ3n) is 4.90. The van der Waals surface area contributed by atoms with Gasteiger partial charge in [0.1, 0.15) is 12.4 Å². The van der Waals surface area contributed by atoms with E-state index in [1.165, 1.54) is 0 Å². The van der Waals surface area contributed by atoms with Crippen molar-refractivity contribution in [2.45, 2.75) is 0 Å². The Morgan fingerprint density at radius 1 is 0.788 bits per heavy atom. The Hall–Kier alpha value is -3.12. The molecule has 0 unspecified atom stereocenters. The first-order valence-electron chi connectivity index (χ1n) is 10.5. The van der Waals surface area contributed by atoms with Crippen molar-refractivity contribution in [1.82, 2.24) is 14.9 Å². The highest BCUT2D eigenvalue weighted by Crippen LogP contribution is 2.28. The van der Waals surface area contributed by atoms with Gasteiger partial charge in [0.05, 0.1) is 11.4 Å². The molecule has 0 aliphatic carbocycles. The molecule has 1 aromatic heterocycles. The van der Waals surface area contributed by atoms with E-state index in [4.69, 9.17) is 37.9 Å². The van der Waals surface area contributed by atoms with Crippen LogP contribution in [0.3, 0.4) is 0 Å². The van der Waals surface area contributed by atoms with Crippen LogP contribution < -0.4 is 10.1 Å². The fourth-order valence-electron chi connectivity index (χ4n) is 3.18. The van der Waals surface area contributed by atoms with Gasteiger partial charge in [-0.05, 0) is 56.6 Å². The lowest BCUT2D eigenvalue weighted by Crippen LogP contribution is -2.19. The van der Waals surface area contributed by atoms with Gasteiger partial charge in [-0.3, -0.25) is 0 Å². The Kier molecular flexibility index (Phi) is 7.45. The van der Waals surface area contributed by atoms with Crippen molar-refractivity contribution in [2.24, 2.45) is 0 Å². The summed E-state index contributed by atoms with van der Waals surface area (Å²) in [6, 6.07) is 24.9. The van der Waals surface area contributed by atoms with Crippen LogP contribution in [0.2, 0.25) is 10.0 Å².